The van der Waals surface area contributed by atoms with Crippen molar-refractivity contribution >= 4 is 23.0 Å². The predicted octanol–water partition coefficient (Wildman–Crippen LogP) is 4.34. The van der Waals surface area contributed by atoms with Crippen LogP contribution in [-0.2, 0) is 16.0 Å². The van der Waals surface area contributed by atoms with Crippen LogP contribution in [0, 0.1) is 17.6 Å². The minimum Gasteiger partial charge on any atom is -0.503 e. The van der Waals surface area contributed by atoms with E-state index in [0.717, 1.165) is 17.4 Å². The number of methoxy groups -OCH3 is 1. The number of thiazole rings is 1. The molecule has 1 atom stereocenters. The van der Waals surface area contributed by atoms with Crippen LogP contribution in [0.2, 0.25) is 0 Å². The Bertz CT molecular complexity index is 1490. The van der Waals surface area contributed by atoms with Crippen LogP contribution in [0.15, 0.2) is 35.4 Å². The summed E-state index contributed by atoms with van der Waals surface area (Å²) in [7, 11) is 1.62. The summed E-state index contributed by atoms with van der Waals surface area (Å²) < 4.78 is 34.3. The van der Waals surface area contributed by atoms with Gasteiger partial charge in [0, 0.05) is 61.8 Å². The Hall–Kier alpha value is -3.44. The highest BCUT2D eigenvalue weighted by Gasteiger charge is 2.40. The van der Waals surface area contributed by atoms with Crippen LogP contribution in [0.25, 0.3) is 10.6 Å². The van der Waals surface area contributed by atoms with Gasteiger partial charge in [0.25, 0.3) is 5.91 Å². The van der Waals surface area contributed by atoms with Crippen LogP contribution < -0.4 is 5.43 Å². The Kier molecular flexibility index (Phi) is 7.39. The number of hydrogen-bond acceptors (Lipinski definition) is 7. The normalized spacial score (nSPS) is 20.7. The van der Waals surface area contributed by atoms with Crippen molar-refractivity contribution in [3.63, 3.8) is 0 Å². The summed E-state index contributed by atoms with van der Waals surface area (Å²) in [6.07, 6.45) is 4.64. The summed E-state index contributed by atoms with van der Waals surface area (Å²) in [5.41, 5.74) is -0.532. The van der Waals surface area contributed by atoms with Crippen LogP contribution >= 0.6 is 11.3 Å². The zero-order valence-corrected chi connectivity index (χ0v) is 22.6. The first-order chi connectivity index (χ1) is 18.6. The molecule has 3 aromatic rings. The lowest BCUT2D eigenvalue weighted by atomic mass is 9.77. The number of pyridine rings is 1. The summed E-state index contributed by atoms with van der Waals surface area (Å²) >= 11 is 1.14. The summed E-state index contributed by atoms with van der Waals surface area (Å²) in [5.74, 6) is -2.60. The van der Waals surface area contributed by atoms with E-state index in [0.29, 0.717) is 17.7 Å². The third kappa shape index (κ3) is 5.12. The van der Waals surface area contributed by atoms with Gasteiger partial charge in [0.2, 0.25) is 5.43 Å². The molecule has 1 aromatic carbocycles. The number of amides is 1. The Morgan fingerprint density at radius 1 is 1.26 bits per heavy atom. The topological polar surface area (TPSA) is 102 Å². The van der Waals surface area contributed by atoms with E-state index in [2.05, 4.69) is 4.98 Å². The van der Waals surface area contributed by atoms with Gasteiger partial charge in [-0.3, -0.25) is 14.4 Å². The number of rotatable bonds is 8. The van der Waals surface area contributed by atoms with Crippen molar-refractivity contribution in [1.29, 1.82) is 0 Å². The Labute approximate surface area is 227 Å². The average Bonchev–Trinajstić information content (AvgIpc) is 3.31. The van der Waals surface area contributed by atoms with Crippen molar-refractivity contribution in [1.82, 2.24) is 14.5 Å². The first kappa shape index (κ1) is 27.1. The lowest BCUT2D eigenvalue weighted by Crippen LogP contribution is -2.48. The van der Waals surface area contributed by atoms with Gasteiger partial charge >= 0.3 is 0 Å². The van der Waals surface area contributed by atoms with Gasteiger partial charge in [-0.1, -0.05) is 6.07 Å². The number of hydrogen-bond donors (Lipinski definition) is 1. The molecule has 0 saturated heterocycles. The highest BCUT2D eigenvalue weighted by atomic mass is 32.1. The van der Waals surface area contributed by atoms with Gasteiger partial charge in [0.05, 0.1) is 17.7 Å². The Morgan fingerprint density at radius 3 is 2.67 bits per heavy atom. The molecule has 1 N–H and O–H groups in total. The molecule has 8 nitrogen and oxygen atoms in total. The molecule has 39 heavy (non-hydrogen) atoms. The summed E-state index contributed by atoms with van der Waals surface area (Å²) in [5, 5.41) is 11.2. The van der Waals surface area contributed by atoms with Crippen LogP contribution in [0.3, 0.4) is 0 Å². The molecule has 1 unspecified atom stereocenters. The molecule has 1 aliphatic heterocycles. The number of benzene rings is 1. The fourth-order valence-corrected chi connectivity index (χ4v) is 6.14. The van der Waals surface area contributed by atoms with Gasteiger partial charge in [-0.15, -0.1) is 11.3 Å². The molecular formula is C28H29F2N3O5S. The van der Waals surface area contributed by atoms with Crippen molar-refractivity contribution in [3.8, 4) is 16.3 Å². The number of Topliss-reactive ketones (excluding diaryl/α,β-unsaturated/α-hetero) is 1. The number of ketones is 1. The highest BCUT2D eigenvalue weighted by Crippen LogP contribution is 2.36. The summed E-state index contributed by atoms with van der Waals surface area (Å²) in [6.45, 7) is 3.93. The third-order valence-electron chi connectivity index (χ3n) is 7.58. The molecular weight excluding hydrogens is 528 g/mol. The second-order valence-corrected chi connectivity index (χ2v) is 11.5. The smallest absolute Gasteiger partial charge is 0.274 e. The summed E-state index contributed by atoms with van der Waals surface area (Å²) in [6, 6.07) is 2.66. The SMILES string of the molecule is COC1CC(C(=O)CC2CN(C(C)C)C(=O)c3c(O)c(=O)c(-c4ncc(Cc5ccc(F)cc5F)s4)cn32)C1. The average molecular weight is 558 g/mol. The fourth-order valence-electron chi connectivity index (χ4n) is 5.20. The predicted molar refractivity (Wildman–Crippen MR) is 141 cm³/mol. The molecule has 1 saturated carbocycles. The molecule has 1 fully saturated rings. The first-order valence-electron chi connectivity index (χ1n) is 12.8. The van der Waals surface area contributed by atoms with Gasteiger partial charge in [0.15, 0.2) is 11.4 Å². The molecule has 11 heteroatoms. The van der Waals surface area contributed by atoms with Gasteiger partial charge < -0.3 is 19.3 Å². The molecule has 1 amide bonds. The quantitative estimate of drug-likeness (QED) is 0.442. The lowest BCUT2D eigenvalue weighted by Gasteiger charge is -2.40. The minimum absolute atomic E-state index is 0.0508. The number of carbonyl (C=O) groups is 2. The first-order valence-corrected chi connectivity index (χ1v) is 13.6. The number of fused-ring (bicyclic) bond motifs is 1. The number of carbonyl (C=O) groups excluding carboxylic acids is 2. The van der Waals surface area contributed by atoms with Crippen molar-refractivity contribution in [2.24, 2.45) is 5.92 Å². The molecule has 0 bridgehead atoms. The maximum absolute atomic E-state index is 14.2. The molecule has 2 aromatic heterocycles. The van der Waals surface area contributed by atoms with Crippen molar-refractivity contribution < 1.29 is 28.2 Å². The van der Waals surface area contributed by atoms with Crippen LogP contribution in [0.5, 0.6) is 5.75 Å². The van der Waals surface area contributed by atoms with Gasteiger partial charge in [-0.25, -0.2) is 13.8 Å². The molecule has 5 rings (SSSR count). The molecule has 3 heterocycles. The van der Waals surface area contributed by atoms with E-state index in [1.54, 1.807) is 16.6 Å². The summed E-state index contributed by atoms with van der Waals surface area (Å²) in [4.78, 5) is 46.1. The van der Waals surface area contributed by atoms with Crippen molar-refractivity contribution in [3.05, 3.63) is 68.6 Å². The van der Waals surface area contributed by atoms with Gasteiger partial charge in [-0.2, -0.15) is 0 Å². The molecule has 0 spiro atoms. The van der Waals surface area contributed by atoms with Crippen molar-refractivity contribution in [2.75, 3.05) is 13.7 Å². The Morgan fingerprint density at radius 2 is 2.00 bits per heavy atom. The standard InChI is InChI=1S/C28H29F2N3O5S/c1-14(2)32-12-18(10-23(34)16-6-19(7-16)38-3)33-13-21(25(35)26(36)24(33)28(32)37)27-31-11-20(39-27)8-15-4-5-17(29)9-22(15)30/h4-5,9,11,13-14,16,18-19,36H,6-8,10,12H2,1-3H3. The lowest BCUT2D eigenvalue weighted by molar-refractivity contribution is -0.131. The van der Waals surface area contributed by atoms with E-state index < -0.39 is 34.8 Å². The molecule has 2 aliphatic rings. The maximum Gasteiger partial charge on any atom is 0.274 e. The number of aromatic hydroxyl groups is 1. The van der Waals surface area contributed by atoms with Gasteiger partial charge in [0.1, 0.15) is 22.4 Å². The third-order valence-corrected chi connectivity index (χ3v) is 8.61. The van der Waals surface area contributed by atoms with Crippen LogP contribution in [-0.4, -0.2) is 57.0 Å². The van der Waals surface area contributed by atoms with E-state index in [1.807, 2.05) is 13.8 Å². The maximum atomic E-state index is 14.2. The van der Waals surface area contributed by atoms with Crippen molar-refractivity contribution in [2.45, 2.75) is 57.7 Å². The number of nitrogens with zero attached hydrogens (tertiary/aromatic N) is 3. The van der Waals surface area contributed by atoms with Gasteiger partial charge in [-0.05, 0) is 38.3 Å². The van der Waals surface area contributed by atoms with E-state index >= 15 is 0 Å². The monoisotopic (exact) mass is 557 g/mol. The zero-order valence-electron chi connectivity index (χ0n) is 21.8. The zero-order chi connectivity index (χ0) is 28.0. The minimum atomic E-state index is -0.749. The largest absolute Gasteiger partial charge is 0.503 e. The highest BCUT2D eigenvalue weighted by molar-refractivity contribution is 7.15. The van der Waals surface area contributed by atoms with E-state index in [1.165, 1.54) is 24.5 Å². The number of halogens is 2. The number of ether oxygens (including phenoxy) is 1. The van der Waals surface area contributed by atoms with E-state index in [-0.39, 0.29) is 65.1 Å². The Balaban J connectivity index is 1.49. The number of aromatic nitrogens is 2. The second kappa shape index (κ2) is 10.6. The van der Waals surface area contributed by atoms with Crippen LogP contribution in [0.1, 0.15) is 60.1 Å². The molecule has 1 aliphatic carbocycles. The molecule has 206 valence electrons. The fraction of sp³-hybridized carbons (Fsp3) is 0.429. The van der Waals surface area contributed by atoms with E-state index in [4.69, 9.17) is 4.74 Å². The van der Waals surface area contributed by atoms with Crippen LogP contribution in [0.4, 0.5) is 8.78 Å². The molecule has 0 radical (unpaired) electrons. The second-order valence-electron chi connectivity index (χ2n) is 10.4. The van der Waals surface area contributed by atoms with E-state index in [9.17, 15) is 28.3 Å².